The number of carbonyl (C=O) groups is 2. The van der Waals surface area contributed by atoms with Crippen molar-refractivity contribution in [2.75, 3.05) is 18.0 Å². The van der Waals surface area contributed by atoms with Gasteiger partial charge in [0.1, 0.15) is 5.82 Å². The molecule has 3 aromatic rings. The van der Waals surface area contributed by atoms with Crippen LogP contribution < -0.4 is 4.90 Å². The van der Waals surface area contributed by atoms with Crippen molar-refractivity contribution in [1.29, 1.82) is 0 Å². The van der Waals surface area contributed by atoms with Crippen molar-refractivity contribution in [2.45, 2.75) is 31.3 Å². The van der Waals surface area contributed by atoms with E-state index in [0.717, 1.165) is 23.1 Å². The summed E-state index contributed by atoms with van der Waals surface area (Å²) in [5.41, 5.74) is 1.52. The van der Waals surface area contributed by atoms with E-state index in [9.17, 15) is 24.2 Å². The number of hydrogen-bond donors (Lipinski definition) is 2. The first kappa shape index (κ1) is 20.9. The van der Waals surface area contributed by atoms with Crippen LogP contribution in [0.15, 0.2) is 36.4 Å². The van der Waals surface area contributed by atoms with E-state index in [1.165, 1.54) is 12.1 Å². The number of benzene rings is 2. The summed E-state index contributed by atoms with van der Waals surface area (Å²) in [7, 11) is 0. The monoisotopic (exact) mass is 457 g/mol. The lowest BCUT2D eigenvalue weighted by Crippen LogP contribution is -2.47. The van der Waals surface area contributed by atoms with E-state index < -0.39 is 29.7 Å². The topological polar surface area (TPSA) is 95.7 Å². The average molecular weight is 458 g/mol. The number of aliphatic hydroxyl groups is 1. The van der Waals surface area contributed by atoms with Crippen LogP contribution in [0.3, 0.4) is 0 Å². The van der Waals surface area contributed by atoms with Crippen LogP contribution in [0.2, 0.25) is 5.02 Å². The number of aliphatic carboxylic acids is 1. The van der Waals surface area contributed by atoms with Gasteiger partial charge in [0.25, 0.3) is 5.91 Å². The van der Waals surface area contributed by atoms with E-state index >= 15 is 0 Å². The summed E-state index contributed by atoms with van der Waals surface area (Å²) in [6.07, 6.45) is 1.02. The number of aliphatic hydroxyl groups excluding tert-OH is 1. The first-order valence-corrected chi connectivity index (χ1v) is 10.9. The number of rotatable bonds is 4. The fourth-order valence-corrected chi connectivity index (χ4v) is 4.77. The predicted octanol–water partition coefficient (Wildman–Crippen LogP) is 3.67. The normalized spacial score (nSPS) is 21.2. The van der Waals surface area contributed by atoms with Gasteiger partial charge in [0, 0.05) is 13.1 Å². The maximum Gasteiger partial charge on any atom is 0.309 e. The Morgan fingerprint density at radius 3 is 2.56 bits per heavy atom. The highest BCUT2D eigenvalue weighted by molar-refractivity contribution is 6.34. The SMILES string of the molecule is O=C(O)C1CCN(c2nn(C(=O)c3c(Cl)cccc3C3CC3)c3cccc(F)c23)C[C@H]1O. The van der Waals surface area contributed by atoms with Gasteiger partial charge in [0.05, 0.1) is 33.5 Å². The maximum absolute atomic E-state index is 14.9. The zero-order valence-corrected chi connectivity index (χ0v) is 17.8. The van der Waals surface area contributed by atoms with Crippen molar-refractivity contribution in [3.8, 4) is 0 Å². The van der Waals surface area contributed by atoms with Gasteiger partial charge >= 0.3 is 5.97 Å². The first-order valence-electron chi connectivity index (χ1n) is 10.5. The molecule has 1 aromatic heterocycles. The molecule has 2 N–H and O–H groups in total. The number of carbonyl (C=O) groups excluding carboxylic acids is 1. The highest BCUT2D eigenvalue weighted by Gasteiger charge is 2.36. The second-order valence-corrected chi connectivity index (χ2v) is 8.81. The Morgan fingerprint density at radius 1 is 1.12 bits per heavy atom. The first-order chi connectivity index (χ1) is 15.4. The highest BCUT2D eigenvalue weighted by Crippen LogP contribution is 2.43. The molecule has 32 heavy (non-hydrogen) atoms. The van der Waals surface area contributed by atoms with Crippen molar-refractivity contribution in [2.24, 2.45) is 5.92 Å². The molecule has 1 saturated heterocycles. The van der Waals surface area contributed by atoms with Gasteiger partial charge in [-0.05, 0) is 48.9 Å². The molecule has 1 aliphatic heterocycles. The second-order valence-electron chi connectivity index (χ2n) is 8.40. The Hall–Kier alpha value is -2.97. The smallest absolute Gasteiger partial charge is 0.309 e. The molecule has 5 rings (SSSR count). The molecule has 2 aliphatic rings. The van der Waals surface area contributed by atoms with Gasteiger partial charge in [-0.25, -0.2) is 4.39 Å². The Kier molecular flexibility index (Phi) is 5.14. The minimum Gasteiger partial charge on any atom is -0.481 e. The van der Waals surface area contributed by atoms with Crippen LogP contribution in [0.25, 0.3) is 10.9 Å². The number of nitrogens with zero attached hydrogens (tertiary/aromatic N) is 3. The number of carboxylic acids is 1. The minimum absolute atomic E-state index is 0.0228. The van der Waals surface area contributed by atoms with Gasteiger partial charge < -0.3 is 15.1 Å². The third-order valence-corrected chi connectivity index (χ3v) is 6.62. The molecule has 0 radical (unpaired) electrons. The van der Waals surface area contributed by atoms with Crippen molar-refractivity contribution < 1.29 is 24.2 Å². The molecule has 2 heterocycles. The fourth-order valence-electron chi connectivity index (χ4n) is 4.50. The van der Waals surface area contributed by atoms with Gasteiger partial charge in [-0.15, -0.1) is 5.10 Å². The molecule has 1 aliphatic carbocycles. The second kappa shape index (κ2) is 7.86. The standard InChI is InChI=1S/C23H21ClFN3O4/c24-15-4-1-3-13(12-7-8-12)19(15)22(30)28-17-6-2-5-16(25)20(17)21(26-28)27-10-9-14(23(31)32)18(29)11-27/h1-6,12,14,18,29H,7-11H2,(H,31,32)/t14?,18-/m1/s1. The van der Waals surface area contributed by atoms with E-state index in [0.29, 0.717) is 16.1 Å². The maximum atomic E-state index is 14.9. The molecule has 2 fully saturated rings. The van der Waals surface area contributed by atoms with Crippen LogP contribution in [0.1, 0.15) is 41.1 Å². The third kappa shape index (κ3) is 3.43. The summed E-state index contributed by atoms with van der Waals surface area (Å²) in [6.45, 7) is 0.243. The largest absolute Gasteiger partial charge is 0.481 e. The molecule has 2 aromatic carbocycles. The Morgan fingerprint density at radius 2 is 1.88 bits per heavy atom. The lowest BCUT2D eigenvalue weighted by atomic mass is 9.94. The van der Waals surface area contributed by atoms with Gasteiger partial charge in [0.2, 0.25) is 0 Å². The molecule has 0 bridgehead atoms. The van der Waals surface area contributed by atoms with Gasteiger partial charge in [-0.3, -0.25) is 9.59 Å². The lowest BCUT2D eigenvalue weighted by molar-refractivity contribution is -0.146. The summed E-state index contributed by atoms with van der Waals surface area (Å²) < 4.78 is 16.1. The lowest BCUT2D eigenvalue weighted by Gasteiger charge is -2.34. The molecular formula is C23H21ClFN3O4. The number of β-amino-alcohol motifs (C(OH)–C–C–N with tert-alkyl or cyclic N) is 1. The Bertz CT molecular complexity index is 1240. The number of carboxylic acid groups (broad SMARTS) is 1. The van der Waals surface area contributed by atoms with Crippen LogP contribution in [0.5, 0.6) is 0 Å². The summed E-state index contributed by atoms with van der Waals surface area (Å²) in [5, 5.41) is 24.5. The van der Waals surface area contributed by atoms with Crippen LogP contribution >= 0.6 is 11.6 Å². The Labute approximate surface area is 188 Å². The zero-order valence-electron chi connectivity index (χ0n) is 17.0. The summed E-state index contributed by atoms with van der Waals surface area (Å²) in [6, 6.07) is 9.76. The number of hydrogen-bond acceptors (Lipinski definition) is 5. The van der Waals surface area contributed by atoms with E-state index in [2.05, 4.69) is 5.10 Å². The fraction of sp³-hybridized carbons (Fsp3) is 0.348. The zero-order chi connectivity index (χ0) is 22.6. The van der Waals surface area contributed by atoms with Gasteiger partial charge in [-0.1, -0.05) is 29.8 Å². The highest BCUT2D eigenvalue weighted by atomic mass is 35.5. The predicted molar refractivity (Wildman–Crippen MR) is 117 cm³/mol. The van der Waals surface area contributed by atoms with Crippen LogP contribution in [0.4, 0.5) is 10.2 Å². The average Bonchev–Trinajstić information content (AvgIpc) is 3.53. The third-order valence-electron chi connectivity index (χ3n) is 6.31. The number of aromatic nitrogens is 2. The van der Waals surface area contributed by atoms with E-state index in [-0.39, 0.29) is 36.6 Å². The van der Waals surface area contributed by atoms with Crippen LogP contribution in [-0.2, 0) is 4.79 Å². The van der Waals surface area contributed by atoms with Crippen molar-refractivity contribution in [3.05, 3.63) is 58.4 Å². The molecule has 9 heteroatoms. The molecule has 7 nitrogen and oxygen atoms in total. The molecule has 0 amide bonds. The van der Waals surface area contributed by atoms with E-state index in [1.54, 1.807) is 17.0 Å². The number of halogens is 2. The molecule has 2 atom stereocenters. The number of piperidine rings is 1. The molecule has 166 valence electrons. The van der Waals surface area contributed by atoms with Crippen LogP contribution in [-0.4, -0.2) is 51.1 Å². The number of anilines is 1. The molecule has 1 saturated carbocycles. The summed E-state index contributed by atoms with van der Waals surface area (Å²) >= 11 is 6.41. The van der Waals surface area contributed by atoms with Crippen molar-refractivity contribution >= 4 is 40.2 Å². The molecule has 1 unspecified atom stereocenters. The van der Waals surface area contributed by atoms with E-state index in [4.69, 9.17) is 11.6 Å². The van der Waals surface area contributed by atoms with Crippen molar-refractivity contribution in [1.82, 2.24) is 9.78 Å². The Balaban J connectivity index is 1.60. The quantitative estimate of drug-likeness (QED) is 0.620. The van der Waals surface area contributed by atoms with Gasteiger partial charge in [0.15, 0.2) is 5.82 Å². The number of fused-ring (bicyclic) bond motifs is 1. The van der Waals surface area contributed by atoms with Crippen molar-refractivity contribution in [3.63, 3.8) is 0 Å². The summed E-state index contributed by atoms with van der Waals surface area (Å²) in [5.74, 6) is -2.48. The molecule has 0 spiro atoms. The molecular weight excluding hydrogens is 437 g/mol. The van der Waals surface area contributed by atoms with Crippen LogP contribution in [0, 0.1) is 11.7 Å². The van der Waals surface area contributed by atoms with E-state index in [1.807, 2.05) is 12.1 Å². The minimum atomic E-state index is -1.13. The summed E-state index contributed by atoms with van der Waals surface area (Å²) in [4.78, 5) is 26.6. The van der Waals surface area contributed by atoms with Gasteiger partial charge in [-0.2, -0.15) is 4.68 Å².